The molecule has 0 rings (SSSR count). The van der Waals surface area contributed by atoms with Gasteiger partial charge in [0.05, 0.1) is 13.2 Å². The molecule has 0 aliphatic heterocycles. The molecule has 4 heteroatoms. The number of carbonyl (C=O) groups excluding carboxylic acids is 1. The summed E-state index contributed by atoms with van der Waals surface area (Å²) in [6, 6.07) is 0. The largest absolute Gasteiger partial charge is 0.457 e. The lowest BCUT2D eigenvalue weighted by molar-refractivity contribution is -0.154. The average molecular weight is 453 g/mol. The quantitative estimate of drug-likeness (QED) is 0.0926. The van der Waals surface area contributed by atoms with E-state index in [4.69, 9.17) is 9.47 Å². The van der Waals surface area contributed by atoms with Gasteiger partial charge in [0.25, 0.3) is 0 Å². The van der Waals surface area contributed by atoms with Crippen LogP contribution in [-0.4, -0.2) is 37.0 Å². The van der Waals surface area contributed by atoms with Crippen molar-refractivity contribution in [1.82, 2.24) is 0 Å². The van der Waals surface area contributed by atoms with Crippen molar-refractivity contribution in [2.45, 2.75) is 129 Å². The number of esters is 1. The van der Waals surface area contributed by atoms with E-state index in [0.29, 0.717) is 19.6 Å². The molecule has 188 valence electrons. The normalized spacial score (nSPS) is 12.7. The summed E-state index contributed by atoms with van der Waals surface area (Å²) < 4.78 is 10.9. The molecule has 0 saturated heterocycles. The molecule has 1 N–H and O–H groups in total. The molecule has 0 aromatic rings. The molecule has 0 aromatic heterocycles. The number of rotatable bonds is 24. The highest BCUT2D eigenvalue weighted by atomic mass is 16.6. The zero-order valence-electron chi connectivity index (χ0n) is 21.2. The van der Waals surface area contributed by atoms with Crippen LogP contribution in [0, 0.1) is 0 Å². The number of hydrogen-bond donors (Lipinski definition) is 1. The van der Waals surface area contributed by atoms with Crippen LogP contribution in [0.4, 0.5) is 0 Å². The van der Waals surface area contributed by atoms with Gasteiger partial charge in [0.1, 0.15) is 6.10 Å². The fourth-order valence-electron chi connectivity index (χ4n) is 3.46. The van der Waals surface area contributed by atoms with Crippen molar-refractivity contribution in [1.29, 1.82) is 0 Å². The zero-order valence-corrected chi connectivity index (χ0v) is 21.2. The van der Waals surface area contributed by atoms with Gasteiger partial charge in [0.15, 0.2) is 0 Å². The van der Waals surface area contributed by atoms with Gasteiger partial charge in [-0.1, -0.05) is 102 Å². The maximum atomic E-state index is 12.0. The van der Waals surface area contributed by atoms with Crippen molar-refractivity contribution in [2.75, 3.05) is 19.8 Å². The van der Waals surface area contributed by atoms with Crippen molar-refractivity contribution in [3.63, 3.8) is 0 Å². The van der Waals surface area contributed by atoms with Gasteiger partial charge in [-0.3, -0.25) is 4.79 Å². The molecule has 0 bridgehead atoms. The fourth-order valence-corrected chi connectivity index (χ4v) is 3.46. The molecule has 4 nitrogen and oxygen atoms in total. The van der Waals surface area contributed by atoms with Crippen LogP contribution in [0.1, 0.15) is 123 Å². The topological polar surface area (TPSA) is 55.8 Å². The van der Waals surface area contributed by atoms with E-state index >= 15 is 0 Å². The Morgan fingerprint density at radius 3 is 2.03 bits per heavy atom. The second-order valence-electron chi connectivity index (χ2n) is 8.76. The molecule has 0 aliphatic carbocycles. The van der Waals surface area contributed by atoms with Crippen LogP contribution in [0.3, 0.4) is 0 Å². The van der Waals surface area contributed by atoms with E-state index < -0.39 is 6.10 Å². The molecule has 1 atom stereocenters. The molecule has 1 unspecified atom stereocenters. The molecular formula is C28H52O4. The summed E-state index contributed by atoms with van der Waals surface area (Å²) >= 11 is 0. The lowest BCUT2D eigenvalue weighted by Crippen LogP contribution is -2.27. The molecule has 0 fully saturated rings. The molecule has 0 aliphatic rings. The van der Waals surface area contributed by atoms with Gasteiger partial charge >= 0.3 is 5.97 Å². The molecule has 0 heterocycles. The molecule has 0 amide bonds. The van der Waals surface area contributed by atoms with Gasteiger partial charge < -0.3 is 14.6 Å². The monoisotopic (exact) mass is 452 g/mol. The third-order valence-electron chi connectivity index (χ3n) is 5.53. The highest BCUT2D eigenvalue weighted by Crippen LogP contribution is 2.10. The summed E-state index contributed by atoms with van der Waals surface area (Å²) in [6.07, 6.45) is 27.7. The molecule has 0 spiro atoms. The first kappa shape index (κ1) is 30.9. The average Bonchev–Trinajstić information content (AvgIpc) is 2.80. The highest BCUT2D eigenvalue weighted by molar-refractivity contribution is 5.69. The van der Waals surface area contributed by atoms with Crippen LogP contribution in [-0.2, 0) is 14.3 Å². The number of allylic oxidation sites excluding steroid dienone is 4. The van der Waals surface area contributed by atoms with Crippen LogP contribution in [0.2, 0.25) is 0 Å². The smallest absolute Gasteiger partial charge is 0.306 e. The predicted octanol–water partition coefficient (Wildman–Crippen LogP) is 7.69. The Morgan fingerprint density at radius 2 is 1.34 bits per heavy atom. The highest BCUT2D eigenvalue weighted by Gasteiger charge is 2.13. The maximum Gasteiger partial charge on any atom is 0.306 e. The minimum Gasteiger partial charge on any atom is -0.457 e. The van der Waals surface area contributed by atoms with Crippen LogP contribution < -0.4 is 0 Å². The lowest BCUT2D eigenvalue weighted by Gasteiger charge is -2.15. The van der Waals surface area contributed by atoms with Gasteiger partial charge in [-0.25, -0.2) is 0 Å². The van der Waals surface area contributed by atoms with E-state index in [1.807, 2.05) is 0 Å². The third kappa shape index (κ3) is 23.5. The van der Waals surface area contributed by atoms with Crippen molar-refractivity contribution in [2.24, 2.45) is 0 Å². The van der Waals surface area contributed by atoms with Gasteiger partial charge in [-0.15, -0.1) is 0 Å². The molecule has 32 heavy (non-hydrogen) atoms. The summed E-state index contributed by atoms with van der Waals surface area (Å²) in [4.78, 5) is 12.0. The molecule has 0 saturated carbocycles. The van der Waals surface area contributed by atoms with Crippen molar-refractivity contribution >= 4 is 5.97 Å². The number of hydrogen-bond acceptors (Lipinski definition) is 4. The lowest BCUT2D eigenvalue weighted by atomic mass is 10.1. The van der Waals surface area contributed by atoms with Gasteiger partial charge in [0, 0.05) is 13.0 Å². The Balaban J connectivity index is 3.51. The van der Waals surface area contributed by atoms with Crippen LogP contribution in [0.5, 0.6) is 0 Å². The Bertz CT molecular complexity index is 445. The Kier molecular flexibility index (Phi) is 25.2. The summed E-state index contributed by atoms with van der Waals surface area (Å²) in [5, 5.41) is 9.40. The number of unbranched alkanes of at least 4 members (excludes halogenated alkanes) is 12. The van der Waals surface area contributed by atoms with E-state index in [9.17, 15) is 9.90 Å². The van der Waals surface area contributed by atoms with Crippen molar-refractivity contribution in [3.05, 3.63) is 24.3 Å². The summed E-state index contributed by atoms with van der Waals surface area (Å²) in [5.41, 5.74) is 0. The van der Waals surface area contributed by atoms with Crippen LogP contribution >= 0.6 is 0 Å². The van der Waals surface area contributed by atoms with Crippen LogP contribution in [0.25, 0.3) is 0 Å². The summed E-state index contributed by atoms with van der Waals surface area (Å²) in [7, 11) is 0. The van der Waals surface area contributed by atoms with E-state index in [1.165, 1.54) is 64.2 Å². The van der Waals surface area contributed by atoms with E-state index in [-0.39, 0.29) is 12.6 Å². The second kappa shape index (κ2) is 26.1. The second-order valence-corrected chi connectivity index (χ2v) is 8.76. The van der Waals surface area contributed by atoms with Crippen molar-refractivity contribution < 1.29 is 19.4 Å². The van der Waals surface area contributed by atoms with E-state index in [2.05, 4.69) is 38.2 Å². The zero-order chi connectivity index (χ0) is 23.5. The standard InChI is InChI=1S/C28H52O4/c1-3-5-7-9-11-12-13-14-15-16-17-18-19-21-23-28(30)32-27(25-29)26-31-24-22-20-10-8-6-4-2/h9,11,13-14,27,29H,3-8,10,12,15-26H2,1-2H3/b11-9-,14-13-. The van der Waals surface area contributed by atoms with Crippen LogP contribution in [0.15, 0.2) is 24.3 Å². The minimum atomic E-state index is -0.532. The maximum absolute atomic E-state index is 12.0. The summed E-state index contributed by atoms with van der Waals surface area (Å²) in [6.45, 7) is 5.23. The number of ether oxygens (including phenoxy) is 2. The fraction of sp³-hybridized carbons (Fsp3) is 0.821. The first-order valence-electron chi connectivity index (χ1n) is 13.4. The predicted molar refractivity (Wildman–Crippen MR) is 136 cm³/mol. The minimum absolute atomic E-state index is 0.176. The number of aliphatic hydroxyl groups is 1. The molecule has 0 radical (unpaired) electrons. The summed E-state index contributed by atoms with van der Waals surface area (Å²) in [5.74, 6) is -0.220. The van der Waals surface area contributed by atoms with E-state index in [1.54, 1.807) is 0 Å². The van der Waals surface area contributed by atoms with E-state index in [0.717, 1.165) is 38.5 Å². The third-order valence-corrected chi connectivity index (χ3v) is 5.53. The number of aliphatic hydroxyl groups excluding tert-OH is 1. The first-order valence-corrected chi connectivity index (χ1v) is 13.4. The first-order chi connectivity index (χ1) is 15.7. The van der Waals surface area contributed by atoms with Gasteiger partial charge in [-0.05, 0) is 38.5 Å². The van der Waals surface area contributed by atoms with Gasteiger partial charge in [-0.2, -0.15) is 0 Å². The Hall–Kier alpha value is -1.13. The number of carbonyl (C=O) groups is 1. The molecular weight excluding hydrogens is 400 g/mol. The molecule has 0 aromatic carbocycles. The Labute approximate surface area is 198 Å². The van der Waals surface area contributed by atoms with Crippen molar-refractivity contribution in [3.8, 4) is 0 Å². The SMILES string of the molecule is CCCC/C=C\C/C=C\CCCCCCCC(=O)OC(CO)COCCCCCCCC. The Morgan fingerprint density at radius 1 is 0.750 bits per heavy atom. The van der Waals surface area contributed by atoms with Gasteiger partial charge in [0.2, 0.25) is 0 Å².